The molecule has 0 spiro atoms. The first-order valence-corrected chi connectivity index (χ1v) is 10.0. The molecule has 0 radical (unpaired) electrons. The van der Waals surface area contributed by atoms with Crippen LogP contribution >= 0.6 is 11.8 Å². The molecule has 0 aliphatic carbocycles. The maximum atomic E-state index is 12.7. The summed E-state index contributed by atoms with van der Waals surface area (Å²) in [6.07, 6.45) is 0.773. The molecule has 0 saturated carbocycles. The summed E-state index contributed by atoms with van der Waals surface area (Å²) in [5, 5.41) is 2.80. The molecule has 5 heteroatoms. The Morgan fingerprint density at radius 1 is 0.821 bits per heavy atom. The van der Waals surface area contributed by atoms with Gasteiger partial charge in [0.2, 0.25) is 0 Å². The van der Waals surface area contributed by atoms with Gasteiger partial charge in [-0.3, -0.25) is 9.59 Å². The van der Waals surface area contributed by atoms with Crippen molar-refractivity contribution in [2.75, 3.05) is 11.9 Å². The van der Waals surface area contributed by atoms with Crippen molar-refractivity contribution in [1.82, 2.24) is 4.90 Å². The van der Waals surface area contributed by atoms with Crippen LogP contribution < -0.4 is 5.32 Å². The lowest BCUT2D eigenvalue weighted by molar-refractivity contribution is -0.143. The molecule has 0 saturated heterocycles. The van der Waals surface area contributed by atoms with Crippen LogP contribution in [0.3, 0.4) is 0 Å². The molecule has 2 amide bonds. The number of amides is 2. The Balaban J connectivity index is 1.46. The van der Waals surface area contributed by atoms with Gasteiger partial charge < -0.3 is 10.2 Å². The molecule has 0 aromatic heterocycles. The van der Waals surface area contributed by atoms with E-state index in [4.69, 9.17) is 0 Å². The first kappa shape index (κ1) is 18.3. The van der Waals surface area contributed by atoms with Gasteiger partial charge in [0.05, 0.1) is 5.69 Å². The first-order valence-electron chi connectivity index (χ1n) is 9.20. The quantitative estimate of drug-likeness (QED) is 0.678. The zero-order chi connectivity index (χ0) is 19.3. The van der Waals surface area contributed by atoms with Crippen molar-refractivity contribution in [2.45, 2.75) is 22.8 Å². The zero-order valence-corrected chi connectivity index (χ0v) is 16.1. The number of hydrogen-bond donors (Lipinski definition) is 1. The number of fused-ring (bicyclic) bond motifs is 1. The number of rotatable bonds is 3. The third-order valence-electron chi connectivity index (χ3n) is 4.72. The second-order valence-electron chi connectivity index (χ2n) is 6.61. The Bertz CT molecular complexity index is 1000. The molecule has 140 valence electrons. The monoisotopic (exact) mass is 388 g/mol. The van der Waals surface area contributed by atoms with Crippen LogP contribution in [0.15, 0.2) is 88.7 Å². The lowest BCUT2D eigenvalue weighted by Crippen LogP contribution is -2.42. The minimum Gasteiger partial charge on any atom is -0.330 e. The molecular weight excluding hydrogens is 368 g/mol. The van der Waals surface area contributed by atoms with Crippen molar-refractivity contribution in [1.29, 1.82) is 0 Å². The Morgan fingerprint density at radius 2 is 1.50 bits per heavy atom. The van der Waals surface area contributed by atoms with E-state index in [1.807, 2.05) is 72.8 Å². The number of carbonyl (C=O) groups is 2. The van der Waals surface area contributed by atoms with Crippen LogP contribution in [0, 0.1) is 0 Å². The standard InChI is InChI=1S/C23H20N2O2S/c26-22(23(27)25-15-14-17-8-4-5-9-18(17)16-25)24-20-12-6-7-13-21(20)28-19-10-2-1-3-11-19/h1-13H,14-16H2,(H,24,26). The van der Waals surface area contributed by atoms with Gasteiger partial charge in [0.15, 0.2) is 0 Å². The number of anilines is 1. The average molecular weight is 388 g/mol. The van der Waals surface area contributed by atoms with Crippen molar-refractivity contribution in [3.63, 3.8) is 0 Å². The molecule has 3 aromatic rings. The third kappa shape index (κ3) is 4.10. The molecule has 1 N–H and O–H groups in total. The van der Waals surface area contributed by atoms with E-state index in [2.05, 4.69) is 11.4 Å². The summed E-state index contributed by atoms with van der Waals surface area (Å²) in [5.41, 5.74) is 3.00. The minimum atomic E-state index is -0.597. The number of nitrogens with zero attached hydrogens (tertiary/aromatic N) is 1. The molecule has 1 aliphatic rings. The van der Waals surface area contributed by atoms with E-state index < -0.39 is 11.8 Å². The summed E-state index contributed by atoms with van der Waals surface area (Å²) in [6.45, 7) is 1.03. The van der Waals surface area contributed by atoms with Crippen LogP contribution in [0.1, 0.15) is 11.1 Å². The summed E-state index contributed by atoms with van der Waals surface area (Å²) in [5.74, 6) is -1.09. The number of nitrogens with one attached hydrogen (secondary N) is 1. The topological polar surface area (TPSA) is 49.4 Å². The third-order valence-corrected chi connectivity index (χ3v) is 5.80. The van der Waals surface area contributed by atoms with Crippen LogP contribution in [-0.4, -0.2) is 23.3 Å². The van der Waals surface area contributed by atoms with Gasteiger partial charge in [-0.15, -0.1) is 0 Å². The summed E-state index contributed by atoms with van der Waals surface area (Å²) in [6, 6.07) is 25.5. The maximum absolute atomic E-state index is 12.7. The van der Waals surface area contributed by atoms with Gasteiger partial charge in [-0.05, 0) is 41.8 Å². The van der Waals surface area contributed by atoms with E-state index >= 15 is 0 Å². The van der Waals surface area contributed by atoms with Gasteiger partial charge in [-0.2, -0.15) is 0 Å². The van der Waals surface area contributed by atoms with Crippen LogP contribution in [0.25, 0.3) is 0 Å². The first-order chi connectivity index (χ1) is 13.7. The fraction of sp³-hybridized carbons (Fsp3) is 0.130. The number of benzene rings is 3. The van der Waals surface area contributed by atoms with E-state index in [-0.39, 0.29) is 0 Å². The highest BCUT2D eigenvalue weighted by atomic mass is 32.2. The molecule has 28 heavy (non-hydrogen) atoms. The molecular formula is C23H20N2O2S. The van der Waals surface area contributed by atoms with Gasteiger partial charge >= 0.3 is 11.8 Å². The van der Waals surface area contributed by atoms with Gasteiger partial charge in [0, 0.05) is 22.9 Å². The average Bonchev–Trinajstić information content (AvgIpc) is 2.75. The van der Waals surface area contributed by atoms with E-state index in [9.17, 15) is 9.59 Å². The van der Waals surface area contributed by atoms with Crippen LogP contribution in [0.4, 0.5) is 5.69 Å². The predicted octanol–water partition coefficient (Wildman–Crippen LogP) is 4.36. The summed E-state index contributed by atoms with van der Waals surface area (Å²) < 4.78 is 0. The Morgan fingerprint density at radius 3 is 2.32 bits per heavy atom. The van der Waals surface area contributed by atoms with Gasteiger partial charge in [-0.1, -0.05) is 66.4 Å². The molecule has 0 bridgehead atoms. The molecule has 4 rings (SSSR count). The van der Waals surface area contributed by atoms with E-state index in [0.29, 0.717) is 18.8 Å². The number of para-hydroxylation sites is 1. The molecule has 1 heterocycles. The molecule has 0 fully saturated rings. The highest BCUT2D eigenvalue weighted by molar-refractivity contribution is 7.99. The summed E-state index contributed by atoms with van der Waals surface area (Å²) >= 11 is 1.55. The predicted molar refractivity (Wildman–Crippen MR) is 111 cm³/mol. The molecule has 0 unspecified atom stereocenters. The van der Waals surface area contributed by atoms with E-state index in [1.165, 1.54) is 5.56 Å². The Hall–Kier alpha value is -3.05. The van der Waals surface area contributed by atoms with Crippen LogP contribution in [0.5, 0.6) is 0 Å². The van der Waals surface area contributed by atoms with Crippen molar-refractivity contribution >= 4 is 29.3 Å². The van der Waals surface area contributed by atoms with Crippen molar-refractivity contribution in [3.8, 4) is 0 Å². The van der Waals surface area contributed by atoms with Gasteiger partial charge in [0.1, 0.15) is 0 Å². The summed E-state index contributed by atoms with van der Waals surface area (Å²) in [7, 11) is 0. The minimum absolute atomic E-state index is 0.475. The second kappa shape index (κ2) is 8.31. The van der Waals surface area contributed by atoms with Crippen LogP contribution in [-0.2, 0) is 22.6 Å². The lowest BCUT2D eigenvalue weighted by Gasteiger charge is -2.28. The van der Waals surface area contributed by atoms with E-state index in [0.717, 1.165) is 21.8 Å². The summed E-state index contributed by atoms with van der Waals surface area (Å²) in [4.78, 5) is 28.9. The molecule has 4 nitrogen and oxygen atoms in total. The normalized spacial score (nSPS) is 12.9. The molecule has 0 atom stereocenters. The number of carbonyl (C=O) groups excluding carboxylic acids is 2. The van der Waals surface area contributed by atoms with Crippen molar-refractivity contribution < 1.29 is 9.59 Å². The highest BCUT2D eigenvalue weighted by Crippen LogP contribution is 2.33. The fourth-order valence-electron chi connectivity index (χ4n) is 3.26. The SMILES string of the molecule is O=C(Nc1ccccc1Sc1ccccc1)C(=O)N1CCc2ccccc2C1. The van der Waals surface area contributed by atoms with Gasteiger partial charge in [0.25, 0.3) is 0 Å². The van der Waals surface area contributed by atoms with Crippen molar-refractivity contribution in [3.05, 3.63) is 90.0 Å². The van der Waals surface area contributed by atoms with Gasteiger partial charge in [-0.25, -0.2) is 0 Å². The van der Waals surface area contributed by atoms with Crippen molar-refractivity contribution in [2.24, 2.45) is 0 Å². The largest absolute Gasteiger partial charge is 0.330 e. The van der Waals surface area contributed by atoms with Crippen LogP contribution in [0.2, 0.25) is 0 Å². The highest BCUT2D eigenvalue weighted by Gasteiger charge is 2.26. The Labute approximate surface area is 168 Å². The zero-order valence-electron chi connectivity index (χ0n) is 15.3. The molecule has 1 aliphatic heterocycles. The molecule has 3 aromatic carbocycles. The smallest absolute Gasteiger partial charge is 0.313 e. The fourth-order valence-corrected chi connectivity index (χ4v) is 4.19. The maximum Gasteiger partial charge on any atom is 0.313 e. The lowest BCUT2D eigenvalue weighted by atomic mass is 10.00. The Kier molecular flexibility index (Phi) is 5.44. The van der Waals surface area contributed by atoms with E-state index in [1.54, 1.807) is 16.7 Å². The number of hydrogen-bond acceptors (Lipinski definition) is 3. The second-order valence-corrected chi connectivity index (χ2v) is 7.73.